The van der Waals surface area contributed by atoms with Gasteiger partial charge in [0.2, 0.25) is 0 Å². The maximum atomic E-state index is 13.0. The average molecular weight is 218 g/mol. The van der Waals surface area contributed by atoms with Crippen LogP contribution in [0, 0.1) is 11.6 Å². The second-order valence-corrected chi connectivity index (χ2v) is 3.59. The van der Waals surface area contributed by atoms with E-state index in [2.05, 4.69) is 0 Å². The Morgan fingerprint density at radius 1 is 1.43 bits per heavy atom. The molecule has 0 bridgehead atoms. The van der Waals surface area contributed by atoms with Gasteiger partial charge in [0.05, 0.1) is 5.75 Å². The predicted octanol–water partition coefficient (Wildman–Crippen LogP) is 2.28. The third kappa shape index (κ3) is 2.99. The molecule has 1 N–H and O–H groups in total. The van der Waals surface area contributed by atoms with Crippen LogP contribution >= 0.6 is 11.8 Å². The number of benzene rings is 1. The van der Waals surface area contributed by atoms with Crippen molar-refractivity contribution in [2.45, 2.75) is 5.75 Å². The molecule has 1 aromatic rings. The van der Waals surface area contributed by atoms with Gasteiger partial charge in [-0.05, 0) is 6.07 Å². The van der Waals surface area contributed by atoms with Gasteiger partial charge in [-0.25, -0.2) is 8.78 Å². The molecule has 0 aromatic heterocycles. The van der Waals surface area contributed by atoms with Crippen molar-refractivity contribution < 1.29 is 18.7 Å². The van der Waals surface area contributed by atoms with Crippen LogP contribution in [0.5, 0.6) is 0 Å². The lowest BCUT2D eigenvalue weighted by Crippen LogP contribution is -1.99. The van der Waals surface area contributed by atoms with Gasteiger partial charge in [0.25, 0.3) is 0 Å². The molecule has 0 aliphatic heterocycles. The third-order valence-electron chi connectivity index (χ3n) is 1.51. The number of carbonyl (C=O) groups is 1. The fourth-order valence-corrected chi connectivity index (χ4v) is 1.63. The summed E-state index contributed by atoms with van der Waals surface area (Å²) in [5, 5.41) is 8.33. The molecule has 0 aliphatic rings. The quantitative estimate of drug-likeness (QED) is 0.842. The van der Waals surface area contributed by atoms with E-state index in [0.717, 1.165) is 17.8 Å². The Morgan fingerprint density at radius 2 is 2.14 bits per heavy atom. The summed E-state index contributed by atoms with van der Waals surface area (Å²) in [6.45, 7) is 0. The molecule has 0 spiro atoms. The topological polar surface area (TPSA) is 37.3 Å². The molecule has 5 heteroatoms. The number of carboxylic acid groups (broad SMARTS) is 1. The second-order valence-electron chi connectivity index (χ2n) is 2.60. The number of halogens is 2. The zero-order valence-electron chi connectivity index (χ0n) is 7.17. The van der Waals surface area contributed by atoms with E-state index in [1.54, 1.807) is 0 Å². The van der Waals surface area contributed by atoms with Gasteiger partial charge in [0, 0.05) is 11.3 Å². The highest BCUT2D eigenvalue weighted by molar-refractivity contribution is 7.99. The van der Waals surface area contributed by atoms with Crippen LogP contribution in [0.25, 0.3) is 0 Å². The molecule has 0 saturated heterocycles. The molecule has 0 heterocycles. The first-order chi connectivity index (χ1) is 6.61. The maximum absolute atomic E-state index is 13.0. The van der Waals surface area contributed by atoms with Crippen LogP contribution in [-0.4, -0.2) is 16.8 Å². The van der Waals surface area contributed by atoms with Gasteiger partial charge in [-0.1, -0.05) is 12.1 Å². The second kappa shape index (κ2) is 4.95. The molecule has 0 saturated carbocycles. The average Bonchev–Trinajstić information content (AvgIpc) is 2.12. The van der Waals surface area contributed by atoms with Crippen LogP contribution < -0.4 is 0 Å². The number of hydrogen-bond acceptors (Lipinski definition) is 2. The van der Waals surface area contributed by atoms with E-state index >= 15 is 0 Å². The van der Waals surface area contributed by atoms with Gasteiger partial charge < -0.3 is 5.11 Å². The Kier molecular flexibility index (Phi) is 3.88. The summed E-state index contributed by atoms with van der Waals surface area (Å²) in [7, 11) is 0. The van der Waals surface area contributed by atoms with E-state index in [9.17, 15) is 13.6 Å². The monoisotopic (exact) mass is 218 g/mol. The summed E-state index contributed by atoms with van der Waals surface area (Å²) in [4.78, 5) is 10.2. The van der Waals surface area contributed by atoms with E-state index < -0.39 is 17.6 Å². The first kappa shape index (κ1) is 11.0. The summed E-state index contributed by atoms with van der Waals surface area (Å²) in [6.07, 6.45) is 0. The SMILES string of the molecule is O=C(O)CSCc1cccc(F)c1F. The van der Waals surface area contributed by atoms with Crippen LogP contribution in [0.4, 0.5) is 8.78 Å². The van der Waals surface area contributed by atoms with Crippen LogP contribution in [0.1, 0.15) is 5.56 Å². The van der Waals surface area contributed by atoms with Crippen LogP contribution in [0.3, 0.4) is 0 Å². The summed E-state index contributed by atoms with van der Waals surface area (Å²) in [6, 6.07) is 3.86. The van der Waals surface area contributed by atoms with Crippen LogP contribution in [-0.2, 0) is 10.5 Å². The van der Waals surface area contributed by atoms with Gasteiger partial charge in [-0.3, -0.25) is 4.79 Å². The van der Waals surface area contributed by atoms with Crippen molar-refractivity contribution in [1.29, 1.82) is 0 Å². The number of thioether (sulfide) groups is 1. The zero-order valence-corrected chi connectivity index (χ0v) is 7.98. The van der Waals surface area contributed by atoms with Gasteiger partial charge >= 0.3 is 5.97 Å². The molecular weight excluding hydrogens is 210 g/mol. The van der Waals surface area contributed by atoms with E-state index in [1.807, 2.05) is 0 Å². The third-order valence-corrected chi connectivity index (χ3v) is 2.48. The first-order valence-electron chi connectivity index (χ1n) is 3.83. The Balaban J connectivity index is 2.59. The molecule has 76 valence electrons. The van der Waals surface area contributed by atoms with Crippen molar-refractivity contribution in [2.24, 2.45) is 0 Å². The van der Waals surface area contributed by atoms with Crippen molar-refractivity contribution in [3.63, 3.8) is 0 Å². The van der Waals surface area contributed by atoms with Gasteiger partial charge in [-0.15, -0.1) is 11.8 Å². The molecule has 0 aliphatic carbocycles. The minimum atomic E-state index is -0.966. The van der Waals surface area contributed by atoms with Gasteiger partial charge in [0.15, 0.2) is 11.6 Å². The minimum Gasteiger partial charge on any atom is -0.481 e. The highest BCUT2D eigenvalue weighted by atomic mass is 32.2. The summed E-state index contributed by atoms with van der Waals surface area (Å²) in [5.74, 6) is -2.72. The smallest absolute Gasteiger partial charge is 0.313 e. The van der Waals surface area contributed by atoms with Crippen molar-refractivity contribution in [3.8, 4) is 0 Å². The Labute approximate surface area is 83.9 Å². The zero-order chi connectivity index (χ0) is 10.6. The van der Waals surface area contributed by atoms with Crippen molar-refractivity contribution in [1.82, 2.24) is 0 Å². The van der Waals surface area contributed by atoms with Gasteiger partial charge in [-0.2, -0.15) is 0 Å². The molecule has 1 aromatic carbocycles. The summed E-state index contributed by atoms with van der Waals surface area (Å²) in [5.41, 5.74) is 0.191. The molecule has 0 amide bonds. The van der Waals surface area contributed by atoms with Crippen LogP contribution in [0.15, 0.2) is 18.2 Å². The van der Waals surface area contributed by atoms with E-state index in [-0.39, 0.29) is 17.1 Å². The molecule has 14 heavy (non-hydrogen) atoms. The molecule has 0 atom stereocenters. The lowest BCUT2D eigenvalue weighted by molar-refractivity contribution is -0.133. The minimum absolute atomic E-state index is 0.115. The molecule has 0 unspecified atom stereocenters. The molecule has 2 nitrogen and oxygen atoms in total. The number of aliphatic carboxylic acids is 1. The highest BCUT2D eigenvalue weighted by Gasteiger charge is 2.07. The Bertz CT molecular complexity index is 342. The number of carboxylic acids is 1. The largest absolute Gasteiger partial charge is 0.481 e. The fourth-order valence-electron chi connectivity index (χ4n) is 0.908. The number of rotatable bonds is 4. The van der Waals surface area contributed by atoms with E-state index in [0.29, 0.717) is 0 Å². The lowest BCUT2D eigenvalue weighted by Gasteiger charge is -2.01. The predicted molar refractivity (Wildman–Crippen MR) is 50.2 cm³/mol. The van der Waals surface area contributed by atoms with Crippen molar-refractivity contribution >= 4 is 17.7 Å². The summed E-state index contributed by atoms with van der Waals surface area (Å²) >= 11 is 1.03. The molecule has 0 fully saturated rings. The molecule has 0 radical (unpaired) electrons. The van der Waals surface area contributed by atoms with Crippen molar-refractivity contribution in [2.75, 3.05) is 5.75 Å². The lowest BCUT2D eigenvalue weighted by atomic mass is 10.2. The normalized spacial score (nSPS) is 10.1. The van der Waals surface area contributed by atoms with Gasteiger partial charge in [0.1, 0.15) is 0 Å². The highest BCUT2D eigenvalue weighted by Crippen LogP contribution is 2.17. The fraction of sp³-hybridized carbons (Fsp3) is 0.222. The first-order valence-corrected chi connectivity index (χ1v) is 4.99. The van der Waals surface area contributed by atoms with E-state index in [4.69, 9.17) is 5.11 Å². The van der Waals surface area contributed by atoms with Crippen LogP contribution in [0.2, 0.25) is 0 Å². The Hall–Kier alpha value is -1.10. The maximum Gasteiger partial charge on any atom is 0.313 e. The number of hydrogen-bond donors (Lipinski definition) is 1. The molecule has 1 rings (SSSR count). The molecular formula is C9H8F2O2S. The Morgan fingerprint density at radius 3 is 2.79 bits per heavy atom. The summed E-state index contributed by atoms with van der Waals surface area (Å²) < 4.78 is 25.7. The van der Waals surface area contributed by atoms with Crippen molar-refractivity contribution in [3.05, 3.63) is 35.4 Å². The van der Waals surface area contributed by atoms with E-state index in [1.165, 1.54) is 12.1 Å². The standard InChI is InChI=1S/C9H8F2O2S/c10-7-3-1-2-6(9(7)11)4-14-5-8(12)13/h1-3H,4-5H2,(H,12,13).